The molecule has 1 nitrogen and oxygen atoms in total. The maximum Gasteiger partial charge on any atom is 0.393 e. The highest BCUT2D eigenvalue weighted by Gasteiger charge is 2.28. The van der Waals surface area contributed by atoms with E-state index in [0.717, 1.165) is 0 Å². The smallest absolute Gasteiger partial charge is 0.393 e. The highest BCUT2D eigenvalue weighted by Crippen LogP contribution is 2.26. The standard InChI is InChI=1S/C9H8F3IO/c1-14-7-3-2-6(8(13)4-7)5-9(10,11)12/h2-4H,5H2,1H3. The predicted molar refractivity (Wildman–Crippen MR) is 55.5 cm³/mol. The van der Waals surface area contributed by atoms with Crippen molar-refractivity contribution < 1.29 is 17.9 Å². The van der Waals surface area contributed by atoms with Crippen molar-refractivity contribution in [3.05, 3.63) is 27.3 Å². The summed E-state index contributed by atoms with van der Waals surface area (Å²) >= 11 is 1.87. The van der Waals surface area contributed by atoms with Crippen molar-refractivity contribution in [2.24, 2.45) is 0 Å². The van der Waals surface area contributed by atoms with E-state index in [1.807, 2.05) is 22.6 Å². The van der Waals surface area contributed by atoms with Crippen LogP contribution in [0.25, 0.3) is 0 Å². The third-order valence-electron chi connectivity index (χ3n) is 1.65. The molecule has 0 bridgehead atoms. The molecule has 0 N–H and O–H groups in total. The first-order chi connectivity index (χ1) is 6.42. The molecule has 0 spiro atoms. The molecule has 0 saturated carbocycles. The molecular formula is C9H8F3IO. The van der Waals surface area contributed by atoms with Crippen LogP contribution in [0.15, 0.2) is 18.2 Å². The van der Waals surface area contributed by atoms with Crippen LogP contribution >= 0.6 is 22.6 Å². The quantitative estimate of drug-likeness (QED) is 0.760. The first-order valence-corrected chi connectivity index (χ1v) is 4.89. The monoisotopic (exact) mass is 316 g/mol. The second-order valence-corrected chi connectivity index (χ2v) is 3.91. The number of ether oxygens (including phenoxy) is 1. The minimum atomic E-state index is -4.16. The van der Waals surface area contributed by atoms with E-state index in [2.05, 4.69) is 0 Å². The van der Waals surface area contributed by atoms with Crippen molar-refractivity contribution in [3.63, 3.8) is 0 Å². The average Bonchev–Trinajstić information content (AvgIpc) is 2.06. The van der Waals surface area contributed by atoms with Crippen molar-refractivity contribution in [1.29, 1.82) is 0 Å². The SMILES string of the molecule is COc1ccc(CC(F)(F)F)c(I)c1. The number of hydrogen-bond acceptors (Lipinski definition) is 1. The van der Waals surface area contributed by atoms with Crippen LogP contribution in [0.1, 0.15) is 5.56 Å². The van der Waals surface area contributed by atoms with Gasteiger partial charge in [0.05, 0.1) is 13.5 Å². The van der Waals surface area contributed by atoms with Crippen LogP contribution in [0.5, 0.6) is 5.75 Å². The van der Waals surface area contributed by atoms with E-state index in [-0.39, 0.29) is 5.56 Å². The molecule has 0 aliphatic rings. The van der Waals surface area contributed by atoms with Gasteiger partial charge in [0.15, 0.2) is 0 Å². The Morgan fingerprint density at radius 2 is 2.00 bits per heavy atom. The minimum absolute atomic E-state index is 0.277. The van der Waals surface area contributed by atoms with Gasteiger partial charge in [-0.3, -0.25) is 0 Å². The molecule has 0 atom stereocenters. The number of alkyl halides is 3. The van der Waals surface area contributed by atoms with Gasteiger partial charge in [0.1, 0.15) is 5.75 Å². The normalized spacial score (nSPS) is 11.5. The fourth-order valence-electron chi connectivity index (χ4n) is 1.01. The Hall–Kier alpha value is -0.460. The molecule has 78 valence electrons. The summed E-state index contributed by atoms with van der Waals surface area (Å²) in [7, 11) is 1.48. The van der Waals surface area contributed by atoms with Gasteiger partial charge in [-0.15, -0.1) is 0 Å². The van der Waals surface area contributed by atoms with Gasteiger partial charge in [0.25, 0.3) is 0 Å². The van der Waals surface area contributed by atoms with Crippen molar-refractivity contribution >= 4 is 22.6 Å². The molecule has 5 heteroatoms. The molecule has 1 rings (SSSR count). The molecule has 14 heavy (non-hydrogen) atoms. The Labute approximate surface area is 93.4 Å². The van der Waals surface area contributed by atoms with E-state index in [1.165, 1.54) is 19.2 Å². The van der Waals surface area contributed by atoms with Gasteiger partial charge in [0.2, 0.25) is 0 Å². The lowest BCUT2D eigenvalue weighted by Gasteiger charge is -2.09. The summed E-state index contributed by atoms with van der Waals surface area (Å²) in [6.45, 7) is 0. The van der Waals surface area contributed by atoms with Gasteiger partial charge in [-0.25, -0.2) is 0 Å². The van der Waals surface area contributed by atoms with E-state index in [1.54, 1.807) is 6.07 Å². The summed E-state index contributed by atoms with van der Waals surface area (Å²) in [6, 6.07) is 4.55. The summed E-state index contributed by atoms with van der Waals surface area (Å²) in [5.41, 5.74) is 0.277. The number of benzene rings is 1. The molecule has 1 aromatic carbocycles. The zero-order chi connectivity index (χ0) is 10.8. The Balaban J connectivity index is 2.89. The molecule has 0 aliphatic carbocycles. The van der Waals surface area contributed by atoms with Crippen LogP contribution in [-0.4, -0.2) is 13.3 Å². The maximum absolute atomic E-state index is 12.1. The van der Waals surface area contributed by atoms with Gasteiger partial charge in [-0.05, 0) is 40.3 Å². The highest BCUT2D eigenvalue weighted by atomic mass is 127. The van der Waals surface area contributed by atoms with E-state index in [4.69, 9.17) is 4.74 Å². The molecule has 0 aliphatic heterocycles. The molecule has 0 radical (unpaired) electrons. The van der Waals surface area contributed by atoms with E-state index >= 15 is 0 Å². The predicted octanol–water partition coefficient (Wildman–Crippen LogP) is 3.40. The lowest BCUT2D eigenvalue weighted by molar-refractivity contribution is -0.127. The van der Waals surface area contributed by atoms with Gasteiger partial charge in [-0.2, -0.15) is 13.2 Å². The molecule has 0 saturated heterocycles. The summed E-state index contributed by atoms with van der Waals surface area (Å²) in [6.07, 6.45) is -5.05. The number of rotatable bonds is 2. The van der Waals surface area contributed by atoms with E-state index in [9.17, 15) is 13.2 Å². The fourth-order valence-corrected chi connectivity index (χ4v) is 1.69. The van der Waals surface area contributed by atoms with E-state index < -0.39 is 12.6 Å². The van der Waals surface area contributed by atoms with Crippen LogP contribution < -0.4 is 4.74 Å². The zero-order valence-electron chi connectivity index (χ0n) is 7.36. The fraction of sp³-hybridized carbons (Fsp3) is 0.333. The first kappa shape index (κ1) is 11.6. The van der Waals surface area contributed by atoms with Crippen molar-refractivity contribution in [1.82, 2.24) is 0 Å². The average molecular weight is 316 g/mol. The summed E-state index contributed by atoms with van der Waals surface area (Å²) in [5, 5.41) is 0. The van der Waals surface area contributed by atoms with E-state index in [0.29, 0.717) is 9.32 Å². The Morgan fingerprint density at radius 3 is 2.43 bits per heavy atom. The molecule has 0 fully saturated rings. The largest absolute Gasteiger partial charge is 0.497 e. The minimum Gasteiger partial charge on any atom is -0.497 e. The zero-order valence-corrected chi connectivity index (χ0v) is 9.52. The van der Waals surface area contributed by atoms with Crippen molar-refractivity contribution in [3.8, 4) is 5.75 Å². The lowest BCUT2D eigenvalue weighted by Crippen LogP contribution is -2.12. The topological polar surface area (TPSA) is 9.23 Å². The molecule has 0 heterocycles. The van der Waals surface area contributed by atoms with Gasteiger partial charge in [0, 0.05) is 3.57 Å². The Bertz CT molecular complexity index is 322. The van der Waals surface area contributed by atoms with Crippen LogP contribution in [0, 0.1) is 3.57 Å². The third kappa shape index (κ3) is 3.36. The third-order valence-corrected chi connectivity index (χ3v) is 2.66. The highest BCUT2D eigenvalue weighted by molar-refractivity contribution is 14.1. The molecule has 0 amide bonds. The number of halogens is 4. The number of hydrogen-bond donors (Lipinski definition) is 0. The van der Waals surface area contributed by atoms with Crippen molar-refractivity contribution in [2.45, 2.75) is 12.6 Å². The molecule has 0 unspecified atom stereocenters. The summed E-state index contributed by atoms with van der Waals surface area (Å²) in [4.78, 5) is 0. The van der Waals surface area contributed by atoms with Gasteiger partial charge < -0.3 is 4.74 Å². The van der Waals surface area contributed by atoms with Crippen LogP contribution in [-0.2, 0) is 6.42 Å². The first-order valence-electron chi connectivity index (χ1n) is 3.81. The Morgan fingerprint density at radius 1 is 1.36 bits per heavy atom. The van der Waals surface area contributed by atoms with Crippen LogP contribution in [0.4, 0.5) is 13.2 Å². The lowest BCUT2D eigenvalue weighted by atomic mass is 10.1. The summed E-state index contributed by atoms with van der Waals surface area (Å²) in [5.74, 6) is 0.570. The second-order valence-electron chi connectivity index (χ2n) is 2.75. The maximum atomic E-state index is 12.1. The second kappa shape index (κ2) is 4.37. The Kier molecular flexibility index (Phi) is 3.63. The molecule has 1 aromatic rings. The van der Waals surface area contributed by atoms with Crippen molar-refractivity contribution in [2.75, 3.05) is 7.11 Å². The summed E-state index contributed by atoms with van der Waals surface area (Å²) < 4.78 is 41.7. The number of methoxy groups -OCH3 is 1. The van der Waals surface area contributed by atoms with Gasteiger partial charge >= 0.3 is 6.18 Å². The van der Waals surface area contributed by atoms with Gasteiger partial charge in [-0.1, -0.05) is 6.07 Å². The molecular weight excluding hydrogens is 308 g/mol. The van der Waals surface area contributed by atoms with Crippen LogP contribution in [0.2, 0.25) is 0 Å². The van der Waals surface area contributed by atoms with Crippen LogP contribution in [0.3, 0.4) is 0 Å². The molecule has 0 aromatic heterocycles.